The minimum atomic E-state index is -0.809. The fourth-order valence-electron chi connectivity index (χ4n) is 2.32. The van der Waals surface area contributed by atoms with Gasteiger partial charge in [0.25, 0.3) is 11.7 Å². The van der Waals surface area contributed by atoms with Crippen molar-refractivity contribution < 1.29 is 18.8 Å². The third-order valence-corrected chi connectivity index (χ3v) is 4.00. The molecular weight excluding hydrogens is 343 g/mol. The van der Waals surface area contributed by atoms with Crippen molar-refractivity contribution in [2.24, 2.45) is 0 Å². The van der Waals surface area contributed by atoms with Crippen molar-refractivity contribution in [3.8, 4) is 0 Å². The predicted molar refractivity (Wildman–Crippen MR) is 78.7 cm³/mol. The number of carbonyl (C=O) groups is 3. The van der Waals surface area contributed by atoms with Crippen molar-refractivity contribution in [3.63, 3.8) is 0 Å². The summed E-state index contributed by atoms with van der Waals surface area (Å²) in [6.07, 6.45) is 0. The van der Waals surface area contributed by atoms with Crippen LogP contribution in [-0.2, 0) is 9.59 Å². The fourth-order valence-corrected chi connectivity index (χ4v) is 2.96. The molecule has 0 spiro atoms. The lowest BCUT2D eigenvalue weighted by molar-refractivity contribution is -0.130. The highest BCUT2D eigenvalue weighted by Gasteiger charge is 2.39. The number of carbonyl (C=O) groups excluding carboxylic acids is 3. The summed E-state index contributed by atoms with van der Waals surface area (Å²) in [5.41, 5.74) is 0.242. The van der Waals surface area contributed by atoms with E-state index in [9.17, 15) is 18.8 Å². The number of Topliss-reactive ketones (excluding diaryl/α,β-unsaturated/α-hetero) is 1. The molecule has 112 valence electrons. The van der Waals surface area contributed by atoms with E-state index in [4.69, 9.17) is 0 Å². The summed E-state index contributed by atoms with van der Waals surface area (Å²) in [5, 5.41) is 0. The molecule has 0 atom stereocenters. The zero-order valence-corrected chi connectivity index (χ0v) is 13.2. The maximum absolute atomic E-state index is 13.4. The molecule has 1 aliphatic heterocycles. The van der Waals surface area contributed by atoms with Crippen molar-refractivity contribution in [3.05, 3.63) is 28.0 Å². The number of hydrogen-bond donors (Lipinski definition) is 0. The second-order valence-electron chi connectivity index (χ2n) is 4.57. The Kier molecular flexibility index (Phi) is 4.41. The van der Waals surface area contributed by atoms with E-state index in [2.05, 4.69) is 15.9 Å². The molecule has 0 unspecified atom stereocenters. The monoisotopic (exact) mass is 356 g/mol. The molecule has 1 aromatic carbocycles. The van der Waals surface area contributed by atoms with Gasteiger partial charge in [-0.3, -0.25) is 19.3 Å². The molecule has 0 bridgehead atoms. The Morgan fingerprint density at radius 1 is 1.29 bits per heavy atom. The number of nitrogens with zero attached hydrogens (tertiary/aromatic N) is 2. The van der Waals surface area contributed by atoms with Gasteiger partial charge in [-0.05, 0) is 41.9 Å². The SMILES string of the molecule is CCN(CC)C(=O)CN1C(=O)C(=O)c2cc(F)cc(Br)c21. The minimum Gasteiger partial charge on any atom is -0.342 e. The third-order valence-electron chi connectivity index (χ3n) is 3.39. The van der Waals surface area contributed by atoms with Crippen LogP contribution in [0.5, 0.6) is 0 Å². The molecule has 21 heavy (non-hydrogen) atoms. The van der Waals surface area contributed by atoms with Gasteiger partial charge in [-0.25, -0.2) is 4.39 Å². The van der Waals surface area contributed by atoms with Crippen LogP contribution in [0.4, 0.5) is 10.1 Å². The summed E-state index contributed by atoms with van der Waals surface area (Å²) in [6.45, 7) is 4.46. The first kappa shape index (κ1) is 15.6. The van der Waals surface area contributed by atoms with Gasteiger partial charge in [0.15, 0.2) is 0 Å². The molecule has 7 heteroatoms. The molecule has 1 heterocycles. The van der Waals surface area contributed by atoms with E-state index < -0.39 is 17.5 Å². The summed E-state index contributed by atoms with van der Waals surface area (Å²) >= 11 is 3.14. The molecule has 0 aromatic heterocycles. The Morgan fingerprint density at radius 2 is 1.90 bits per heavy atom. The quantitative estimate of drug-likeness (QED) is 0.775. The molecule has 0 saturated heterocycles. The molecule has 0 aliphatic carbocycles. The molecule has 1 aliphatic rings. The van der Waals surface area contributed by atoms with E-state index in [0.29, 0.717) is 13.1 Å². The Morgan fingerprint density at radius 3 is 2.48 bits per heavy atom. The maximum Gasteiger partial charge on any atom is 0.299 e. The second kappa shape index (κ2) is 5.93. The molecule has 5 nitrogen and oxygen atoms in total. The average molecular weight is 357 g/mol. The lowest BCUT2D eigenvalue weighted by Gasteiger charge is -2.23. The number of ketones is 1. The van der Waals surface area contributed by atoms with Gasteiger partial charge in [0, 0.05) is 17.6 Å². The summed E-state index contributed by atoms with van der Waals surface area (Å²) < 4.78 is 13.6. The Bertz CT molecular complexity index is 629. The Hall–Kier alpha value is -1.76. The van der Waals surface area contributed by atoms with E-state index in [1.54, 1.807) is 4.90 Å². The number of benzene rings is 1. The van der Waals surface area contributed by atoms with Gasteiger partial charge in [0.2, 0.25) is 5.91 Å². The van der Waals surface area contributed by atoms with Crippen LogP contribution in [0.25, 0.3) is 0 Å². The normalized spacial score (nSPS) is 13.6. The molecule has 0 saturated carbocycles. The number of amides is 2. The fraction of sp³-hybridized carbons (Fsp3) is 0.357. The maximum atomic E-state index is 13.4. The Balaban J connectivity index is 2.38. The zero-order chi connectivity index (χ0) is 15.7. The van der Waals surface area contributed by atoms with Crippen LogP contribution in [-0.4, -0.2) is 42.1 Å². The van der Waals surface area contributed by atoms with E-state index in [1.165, 1.54) is 6.07 Å². The van der Waals surface area contributed by atoms with Crippen LogP contribution in [0.1, 0.15) is 24.2 Å². The van der Waals surface area contributed by atoms with Gasteiger partial charge < -0.3 is 4.90 Å². The molecule has 0 fully saturated rings. The summed E-state index contributed by atoms with van der Waals surface area (Å²) in [5.74, 6) is -2.47. The van der Waals surface area contributed by atoms with Crippen LogP contribution in [0.15, 0.2) is 16.6 Å². The highest BCUT2D eigenvalue weighted by atomic mass is 79.9. The van der Waals surface area contributed by atoms with Gasteiger partial charge in [-0.15, -0.1) is 0 Å². The number of rotatable bonds is 4. The molecular formula is C14H14BrFN2O3. The van der Waals surface area contributed by atoms with Crippen molar-refractivity contribution in [1.29, 1.82) is 0 Å². The van der Waals surface area contributed by atoms with E-state index in [0.717, 1.165) is 11.0 Å². The van der Waals surface area contributed by atoms with Crippen LogP contribution in [0, 0.1) is 5.82 Å². The average Bonchev–Trinajstić information content (AvgIpc) is 2.65. The number of fused-ring (bicyclic) bond motifs is 1. The molecule has 0 N–H and O–H groups in total. The van der Waals surface area contributed by atoms with Crippen molar-refractivity contribution in [1.82, 2.24) is 4.90 Å². The molecule has 0 radical (unpaired) electrons. The highest BCUT2D eigenvalue weighted by molar-refractivity contribution is 9.10. The number of halogens is 2. The largest absolute Gasteiger partial charge is 0.342 e. The summed E-state index contributed by atoms with van der Waals surface area (Å²) in [7, 11) is 0. The smallest absolute Gasteiger partial charge is 0.299 e. The van der Waals surface area contributed by atoms with Crippen LogP contribution >= 0.6 is 15.9 Å². The minimum absolute atomic E-state index is 0.0146. The Labute approximate surface area is 129 Å². The highest BCUT2D eigenvalue weighted by Crippen LogP contribution is 2.36. The summed E-state index contributed by atoms with van der Waals surface area (Å²) in [4.78, 5) is 38.7. The van der Waals surface area contributed by atoms with Crippen LogP contribution < -0.4 is 4.90 Å². The second-order valence-corrected chi connectivity index (χ2v) is 5.42. The molecule has 1 aromatic rings. The predicted octanol–water partition coefficient (Wildman–Crippen LogP) is 1.99. The summed E-state index contributed by atoms with van der Waals surface area (Å²) in [6, 6.07) is 2.18. The zero-order valence-electron chi connectivity index (χ0n) is 11.7. The number of hydrogen-bond acceptors (Lipinski definition) is 3. The lowest BCUT2D eigenvalue weighted by Crippen LogP contribution is -2.42. The van der Waals surface area contributed by atoms with E-state index in [1.807, 2.05) is 13.8 Å². The first-order chi connectivity index (χ1) is 9.90. The van der Waals surface area contributed by atoms with Crippen molar-refractivity contribution in [2.75, 3.05) is 24.5 Å². The van der Waals surface area contributed by atoms with E-state index in [-0.39, 0.29) is 28.2 Å². The first-order valence-electron chi connectivity index (χ1n) is 6.53. The first-order valence-corrected chi connectivity index (χ1v) is 7.33. The van der Waals surface area contributed by atoms with Gasteiger partial charge in [-0.2, -0.15) is 0 Å². The standard InChI is InChI=1S/C14H14BrFN2O3/c1-3-17(4-2)11(19)7-18-12-9(13(20)14(18)21)5-8(16)6-10(12)15/h5-6H,3-4,7H2,1-2H3. The van der Waals surface area contributed by atoms with Crippen LogP contribution in [0.2, 0.25) is 0 Å². The molecule has 2 rings (SSSR count). The van der Waals surface area contributed by atoms with E-state index >= 15 is 0 Å². The third kappa shape index (κ3) is 2.70. The number of anilines is 1. The van der Waals surface area contributed by atoms with Crippen molar-refractivity contribution >= 4 is 39.2 Å². The van der Waals surface area contributed by atoms with Crippen molar-refractivity contribution in [2.45, 2.75) is 13.8 Å². The van der Waals surface area contributed by atoms with Gasteiger partial charge >= 0.3 is 0 Å². The van der Waals surface area contributed by atoms with Gasteiger partial charge in [0.05, 0.1) is 11.3 Å². The number of likely N-dealkylation sites (N-methyl/N-ethyl adjacent to an activating group) is 1. The van der Waals surface area contributed by atoms with Gasteiger partial charge in [0.1, 0.15) is 12.4 Å². The molecule has 2 amide bonds. The lowest BCUT2D eigenvalue weighted by atomic mass is 10.1. The topological polar surface area (TPSA) is 57.7 Å². The van der Waals surface area contributed by atoms with Gasteiger partial charge in [-0.1, -0.05) is 0 Å². The van der Waals surface area contributed by atoms with Crippen LogP contribution in [0.3, 0.4) is 0 Å².